The molecule has 0 spiro atoms. The van der Waals surface area contributed by atoms with Crippen molar-refractivity contribution in [3.8, 4) is 0 Å². The third kappa shape index (κ3) is 3.17. The van der Waals surface area contributed by atoms with Crippen molar-refractivity contribution < 1.29 is 32.3 Å². The summed E-state index contributed by atoms with van der Waals surface area (Å²) in [6, 6.07) is 0. The molecule has 1 unspecified atom stereocenters. The van der Waals surface area contributed by atoms with E-state index >= 15 is 0 Å². The van der Waals surface area contributed by atoms with Gasteiger partial charge in [-0.25, -0.2) is 9.78 Å². The minimum atomic E-state index is -4.92. The molecule has 1 aliphatic rings. The number of rotatable bonds is 2. The number of hydrogen-bond acceptors (Lipinski definition) is 4. The van der Waals surface area contributed by atoms with Crippen LogP contribution >= 0.6 is 0 Å². The first-order chi connectivity index (χ1) is 9.70. The normalized spacial score (nSPS) is 19.6. The predicted molar refractivity (Wildman–Crippen MR) is 62.8 cm³/mol. The maximum absolute atomic E-state index is 12.4. The maximum Gasteiger partial charge on any atom is 0.471 e. The number of oxazole rings is 1. The number of hydrogen-bond donors (Lipinski definition) is 1. The molecule has 0 saturated carbocycles. The molecule has 0 aromatic carbocycles. The van der Waals surface area contributed by atoms with Crippen LogP contribution in [0.2, 0.25) is 0 Å². The van der Waals surface area contributed by atoms with Crippen molar-refractivity contribution in [3.63, 3.8) is 0 Å². The number of carbonyl (C=O) groups excluding carboxylic acids is 1. The van der Waals surface area contributed by atoms with Gasteiger partial charge in [-0.2, -0.15) is 13.2 Å². The third-order valence-corrected chi connectivity index (χ3v) is 3.31. The summed E-state index contributed by atoms with van der Waals surface area (Å²) in [5.41, 5.74) is 0.164. The Labute approximate surface area is 117 Å². The van der Waals surface area contributed by atoms with E-state index in [1.807, 2.05) is 0 Å². The highest BCUT2D eigenvalue weighted by molar-refractivity contribution is 5.85. The zero-order chi connectivity index (χ0) is 15.8. The van der Waals surface area contributed by atoms with Crippen LogP contribution in [0.3, 0.4) is 0 Å². The summed E-state index contributed by atoms with van der Waals surface area (Å²) in [6.07, 6.45) is -4.06. The second-order valence-corrected chi connectivity index (χ2v) is 4.86. The number of piperidine rings is 1. The van der Waals surface area contributed by atoms with Gasteiger partial charge in [0.05, 0.1) is 11.6 Å². The fourth-order valence-electron chi connectivity index (χ4n) is 2.33. The topological polar surface area (TPSA) is 83.6 Å². The van der Waals surface area contributed by atoms with E-state index in [1.165, 1.54) is 6.92 Å². The van der Waals surface area contributed by atoms with Gasteiger partial charge in [0.2, 0.25) is 5.76 Å². The fraction of sp³-hybridized carbons (Fsp3) is 0.583. The van der Waals surface area contributed by atoms with E-state index in [2.05, 4.69) is 4.98 Å². The number of nitrogens with zero attached hydrogens (tertiary/aromatic N) is 2. The Morgan fingerprint density at radius 1 is 1.43 bits per heavy atom. The predicted octanol–water partition coefficient (Wildman–Crippen LogP) is 1.95. The first kappa shape index (κ1) is 15.3. The molecule has 2 rings (SSSR count). The molecule has 0 aliphatic carbocycles. The van der Waals surface area contributed by atoms with E-state index in [9.17, 15) is 22.8 Å². The highest BCUT2D eigenvalue weighted by Gasteiger charge is 2.44. The lowest BCUT2D eigenvalue weighted by molar-refractivity contribution is -0.186. The number of carboxylic acids is 1. The van der Waals surface area contributed by atoms with Crippen LogP contribution in [0.5, 0.6) is 0 Å². The molecule has 0 bridgehead atoms. The Kier molecular flexibility index (Phi) is 3.93. The highest BCUT2D eigenvalue weighted by Crippen LogP contribution is 2.30. The van der Waals surface area contributed by atoms with Crippen LogP contribution in [0.1, 0.15) is 40.9 Å². The average Bonchev–Trinajstić information content (AvgIpc) is 2.79. The highest BCUT2D eigenvalue weighted by atomic mass is 19.4. The van der Waals surface area contributed by atoms with Crippen LogP contribution in [0, 0.1) is 6.92 Å². The minimum absolute atomic E-state index is 0.0142. The zero-order valence-corrected chi connectivity index (χ0v) is 11.1. The summed E-state index contributed by atoms with van der Waals surface area (Å²) in [7, 11) is 0. The number of carboxylic acid groups (broad SMARTS) is 1. The molecule has 0 radical (unpaired) electrons. The summed E-state index contributed by atoms with van der Waals surface area (Å²) < 4.78 is 42.4. The van der Waals surface area contributed by atoms with Crippen molar-refractivity contribution in [2.75, 3.05) is 13.1 Å². The van der Waals surface area contributed by atoms with E-state index in [-0.39, 0.29) is 30.4 Å². The second kappa shape index (κ2) is 5.38. The van der Waals surface area contributed by atoms with Crippen LogP contribution < -0.4 is 0 Å². The SMILES string of the molecule is Cc1nc(C2CCCN(C(=O)C(F)(F)F)C2)oc1C(=O)O. The number of aryl methyl sites for hydroxylation is 1. The van der Waals surface area contributed by atoms with E-state index in [0.717, 1.165) is 0 Å². The molecule has 21 heavy (non-hydrogen) atoms. The third-order valence-electron chi connectivity index (χ3n) is 3.31. The summed E-state index contributed by atoms with van der Waals surface area (Å²) in [5, 5.41) is 8.88. The molecule has 1 amide bonds. The Bertz CT molecular complexity index is 567. The largest absolute Gasteiger partial charge is 0.475 e. The van der Waals surface area contributed by atoms with Gasteiger partial charge in [-0.15, -0.1) is 0 Å². The maximum atomic E-state index is 12.4. The minimum Gasteiger partial charge on any atom is -0.475 e. The molecule has 116 valence electrons. The molecular formula is C12H13F3N2O4. The Hall–Kier alpha value is -2.06. The Morgan fingerprint density at radius 3 is 2.62 bits per heavy atom. The number of halogens is 3. The lowest BCUT2D eigenvalue weighted by Gasteiger charge is -2.31. The molecule has 9 heteroatoms. The van der Waals surface area contributed by atoms with Crippen molar-refractivity contribution in [1.82, 2.24) is 9.88 Å². The number of carbonyl (C=O) groups is 2. The standard InChI is InChI=1S/C12H13F3N2O4/c1-6-8(10(18)19)21-9(16-6)7-3-2-4-17(5-7)11(20)12(13,14)15/h7H,2-5H2,1H3,(H,18,19). The van der Waals surface area contributed by atoms with Crippen molar-refractivity contribution in [2.24, 2.45) is 0 Å². The molecule has 1 N–H and O–H groups in total. The lowest BCUT2D eigenvalue weighted by atomic mass is 9.98. The molecule has 1 atom stereocenters. The Morgan fingerprint density at radius 2 is 2.10 bits per heavy atom. The molecule has 1 fully saturated rings. The van der Waals surface area contributed by atoms with Crippen molar-refractivity contribution >= 4 is 11.9 Å². The van der Waals surface area contributed by atoms with Gasteiger partial charge in [-0.05, 0) is 19.8 Å². The molecule has 1 aromatic heterocycles. The molecule has 1 aromatic rings. The molecule has 2 heterocycles. The second-order valence-electron chi connectivity index (χ2n) is 4.86. The van der Waals surface area contributed by atoms with E-state index in [1.54, 1.807) is 0 Å². The summed E-state index contributed by atoms with van der Waals surface area (Å²) >= 11 is 0. The first-order valence-corrected chi connectivity index (χ1v) is 6.27. The zero-order valence-electron chi connectivity index (χ0n) is 11.1. The number of aromatic carboxylic acids is 1. The monoisotopic (exact) mass is 306 g/mol. The lowest BCUT2D eigenvalue weighted by Crippen LogP contribution is -2.45. The molecule has 1 saturated heterocycles. The number of amides is 1. The fourth-order valence-corrected chi connectivity index (χ4v) is 2.33. The molecular weight excluding hydrogens is 293 g/mol. The van der Waals surface area contributed by atoms with Crippen LogP contribution in [-0.2, 0) is 4.79 Å². The van der Waals surface area contributed by atoms with Gasteiger partial charge < -0.3 is 14.4 Å². The van der Waals surface area contributed by atoms with Crippen molar-refractivity contribution in [3.05, 3.63) is 17.3 Å². The Balaban J connectivity index is 2.16. The molecule has 6 nitrogen and oxygen atoms in total. The van der Waals surface area contributed by atoms with Crippen molar-refractivity contribution in [2.45, 2.75) is 31.9 Å². The van der Waals surface area contributed by atoms with Crippen LogP contribution in [0.15, 0.2) is 4.42 Å². The smallest absolute Gasteiger partial charge is 0.471 e. The van der Waals surface area contributed by atoms with E-state index in [0.29, 0.717) is 17.7 Å². The average molecular weight is 306 g/mol. The summed E-state index contributed by atoms with van der Waals surface area (Å²) in [4.78, 5) is 26.8. The van der Waals surface area contributed by atoms with Gasteiger partial charge in [0, 0.05) is 13.1 Å². The van der Waals surface area contributed by atoms with Gasteiger partial charge in [0.1, 0.15) is 0 Å². The van der Waals surface area contributed by atoms with Gasteiger partial charge in [0.25, 0.3) is 0 Å². The van der Waals surface area contributed by atoms with Crippen LogP contribution in [-0.4, -0.2) is 46.1 Å². The quantitative estimate of drug-likeness (QED) is 0.903. The number of likely N-dealkylation sites (tertiary alicyclic amines) is 1. The van der Waals surface area contributed by atoms with Gasteiger partial charge in [-0.3, -0.25) is 4.79 Å². The van der Waals surface area contributed by atoms with Gasteiger partial charge in [-0.1, -0.05) is 0 Å². The van der Waals surface area contributed by atoms with Gasteiger partial charge >= 0.3 is 18.1 Å². The molecule has 1 aliphatic heterocycles. The first-order valence-electron chi connectivity index (χ1n) is 6.27. The van der Waals surface area contributed by atoms with Gasteiger partial charge in [0.15, 0.2) is 5.89 Å². The van der Waals surface area contributed by atoms with Crippen molar-refractivity contribution in [1.29, 1.82) is 0 Å². The number of aromatic nitrogens is 1. The van der Waals surface area contributed by atoms with E-state index < -0.39 is 24.0 Å². The summed E-state index contributed by atoms with van der Waals surface area (Å²) in [6.45, 7) is 1.27. The van der Waals surface area contributed by atoms with E-state index in [4.69, 9.17) is 9.52 Å². The van der Waals surface area contributed by atoms with Crippen LogP contribution in [0.25, 0.3) is 0 Å². The van der Waals surface area contributed by atoms with Crippen LogP contribution in [0.4, 0.5) is 13.2 Å². The summed E-state index contributed by atoms with van der Waals surface area (Å²) in [5.74, 6) is -3.98. The number of alkyl halides is 3.